The van der Waals surface area contributed by atoms with Gasteiger partial charge >= 0.3 is 0 Å². The third kappa shape index (κ3) is 5.06. The number of pyridine rings is 2. The second-order valence-corrected chi connectivity index (χ2v) is 10.9. The van der Waals surface area contributed by atoms with Gasteiger partial charge in [-0.1, -0.05) is 85.6 Å². The van der Waals surface area contributed by atoms with E-state index in [2.05, 4.69) is 141 Å². The van der Waals surface area contributed by atoms with Crippen molar-refractivity contribution in [2.75, 3.05) is 0 Å². The fourth-order valence-corrected chi connectivity index (χ4v) is 6.34. The lowest BCUT2D eigenvalue weighted by atomic mass is 10.1. The average Bonchev–Trinajstić information content (AvgIpc) is 3.45. The van der Waals surface area contributed by atoms with E-state index in [1.165, 1.54) is 83.7 Å². The van der Waals surface area contributed by atoms with Gasteiger partial charge in [-0.25, -0.2) is 9.13 Å². The van der Waals surface area contributed by atoms with Gasteiger partial charge in [-0.15, -0.1) is 0 Å². The molecular formula is C36H40N4+2. The van der Waals surface area contributed by atoms with Crippen LogP contribution in [0, 0.1) is 13.8 Å². The molecule has 202 valence electrons. The molecule has 6 rings (SSSR count). The van der Waals surface area contributed by atoms with Crippen molar-refractivity contribution in [3.8, 4) is 22.5 Å². The largest absolute Gasteiger partial charge is 0.286 e. The van der Waals surface area contributed by atoms with Gasteiger partial charge in [-0.05, 0) is 37.8 Å². The van der Waals surface area contributed by atoms with Gasteiger partial charge in [0.1, 0.15) is 0 Å². The van der Waals surface area contributed by atoms with E-state index in [0.717, 1.165) is 13.1 Å². The van der Waals surface area contributed by atoms with Gasteiger partial charge in [0.15, 0.2) is 22.8 Å². The number of aryl methyl sites for hydroxylation is 4. The molecule has 2 aromatic carbocycles. The average molecular weight is 529 g/mol. The summed E-state index contributed by atoms with van der Waals surface area (Å²) in [5.74, 6) is 0. The van der Waals surface area contributed by atoms with Crippen molar-refractivity contribution in [2.24, 2.45) is 0 Å². The predicted molar refractivity (Wildman–Crippen MR) is 163 cm³/mol. The van der Waals surface area contributed by atoms with E-state index in [-0.39, 0.29) is 0 Å². The molecule has 0 amide bonds. The van der Waals surface area contributed by atoms with Crippen LogP contribution in [0.5, 0.6) is 0 Å². The zero-order valence-corrected chi connectivity index (χ0v) is 23.8. The third-order valence-electron chi connectivity index (χ3n) is 8.29. The minimum Gasteiger partial charge on any atom is -0.223 e. The number of hydrogen-bond donors (Lipinski definition) is 0. The highest BCUT2D eigenvalue weighted by atomic mass is 15.1. The van der Waals surface area contributed by atoms with Crippen LogP contribution in [-0.2, 0) is 13.1 Å². The summed E-state index contributed by atoms with van der Waals surface area (Å²) in [6, 6.07) is 34.7. The van der Waals surface area contributed by atoms with Crippen molar-refractivity contribution in [1.82, 2.24) is 8.80 Å². The lowest BCUT2D eigenvalue weighted by molar-refractivity contribution is -0.661. The normalized spacial score (nSPS) is 11.6. The van der Waals surface area contributed by atoms with E-state index in [4.69, 9.17) is 0 Å². The van der Waals surface area contributed by atoms with Crippen molar-refractivity contribution in [3.63, 3.8) is 0 Å². The van der Waals surface area contributed by atoms with E-state index in [9.17, 15) is 0 Å². The van der Waals surface area contributed by atoms with Crippen LogP contribution in [-0.4, -0.2) is 8.80 Å². The van der Waals surface area contributed by atoms with E-state index in [0.29, 0.717) is 0 Å². The minimum absolute atomic E-state index is 1.05. The molecule has 0 atom stereocenters. The van der Waals surface area contributed by atoms with Crippen LogP contribution in [0.4, 0.5) is 0 Å². The highest BCUT2D eigenvalue weighted by molar-refractivity contribution is 5.62. The van der Waals surface area contributed by atoms with E-state index in [1.807, 2.05) is 0 Å². The summed E-state index contributed by atoms with van der Waals surface area (Å²) in [6.45, 7) is 6.59. The monoisotopic (exact) mass is 528 g/mol. The van der Waals surface area contributed by atoms with Crippen LogP contribution >= 0.6 is 0 Å². The molecular weight excluding hydrogens is 488 g/mol. The summed E-state index contributed by atoms with van der Waals surface area (Å²) < 4.78 is 9.70. The molecule has 0 N–H and O–H groups in total. The minimum atomic E-state index is 1.05. The molecule has 0 saturated heterocycles. The highest BCUT2D eigenvalue weighted by Crippen LogP contribution is 2.24. The van der Waals surface area contributed by atoms with E-state index < -0.39 is 0 Å². The zero-order chi connectivity index (χ0) is 27.3. The molecule has 0 aliphatic rings. The Kier molecular flexibility index (Phi) is 7.76. The van der Waals surface area contributed by atoms with Gasteiger partial charge in [0.2, 0.25) is 0 Å². The molecule has 0 saturated carbocycles. The van der Waals surface area contributed by atoms with Crippen molar-refractivity contribution in [1.29, 1.82) is 0 Å². The Morgan fingerprint density at radius 2 is 0.825 bits per heavy atom. The van der Waals surface area contributed by atoms with Crippen LogP contribution in [0.3, 0.4) is 0 Å². The number of hydrogen-bond acceptors (Lipinski definition) is 0. The van der Waals surface area contributed by atoms with Crippen molar-refractivity contribution in [3.05, 3.63) is 121 Å². The summed E-state index contributed by atoms with van der Waals surface area (Å²) in [5.41, 5.74) is 10.4. The van der Waals surface area contributed by atoms with Crippen LogP contribution in [0.2, 0.25) is 0 Å². The number of imidazole rings is 2. The molecule has 4 nitrogen and oxygen atoms in total. The van der Waals surface area contributed by atoms with Gasteiger partial charge in [-0.2, -0.15) is 8.80 Å². The fraction of sp³-hybridized carbons (Fsp3) is 0.278. The molecule has 4 aromatic heterocycles. The van der Waals surface area contributed by atoms with E-state index >= 15 is 0 Å². The highest BCUT2D eigenvalue weighted by Gasteiger charge is 2.24. The topological polar surface area (TPSA) is 16.6 Å². The summed E-state index contributed by atoms with van der Waals surface area (Å²) in [4.78, 5) is 0. The first-order chi connectivity index (χ1) is 19.7. The molecule has 0 radical (unpaired) electrons. The number of fused-ring (bicyclic) bond motifs is 2. The maximum Gasteiger partial charge on any atom is 0.286 e. The Labute approximate surface area is 237 Å². The first-order valence-corrected chi connectivity index (χ1v) is 14.8. The second kappa shape index (κ2) is 11.9. The summed E-state index contributed by atoms with van der Waals surface area (Å²) in [6.07, 6.45) is 11.9. The molecule has 0 fully saturated rings. The molecule has 0 aliphatic carbocycles. The Morgan fingerprint density at radius 1 is 0.450 bits per heavy atom. The fourth-order valence-electron chi connectivity index (χ4n) is 6.34. The number of nitrogens with zero attached hydrogens (tertiary/aromatic N) is 4. The molecule has 4 heterocycles. The standard InChI is InChI=1S/C36H40N4/c1-29-35(31-19-9-7-10-20-31)39(33-23-13-17-25-37(29)33)27-15-5-3-4-6-16-28-40-34-24-14-18-26-38(34)30(2)36(40)32-21-11-8-12-22-32/h7-14,17-26H,3-6,15-16,27-28H2,1-2H3/q+2. The number of aromatic nitrogens is 4. The van der Waals surface area contributed by atoms with Crippen LogP contribution < -0.4 is 9.13 Å². The number of unbranched alkanes of at least 4 members (excludes halogenated alkanes) is 5. The Bertz CT molecular complexity index is 1580. The third-order valence-corrected chi connectivity index (χ3v) is 8.29. The SMILES string of the molecule is Cc1c(-c2ccccc2)[n+](CCCCCCCC[n+]2c(-c3ccccc3)c(C)n3ccccc32)c2ccccn12. The molecule has 0 bridgehead atoms. The Balaban J connectivity index is 1.06. The summed E-state index contributed by atoms with van der Waals surface area (Å²) in [5, 5.41) is 0. The van der Waals surface area contributed by atoms with E-state index in [1.54, 1.807) is 0 Å². The molecule has 0 spiro atoms. The van der Waals surface area contributed by atoms with Crippen LogP contribution in [0.15, 0.2) is 109 Å². The molecule has 0 aliphatic heterocycles. The van der Waals surface area contributed by atoms with Gasteiger partial charge in [-0.3, -0.25) is 0 Å². The molecule has 6 aromatic rings. The second-order valence-electron chi connectivity index (χ2n) is 10.9. The predicted octanol–water partition coefficient (Wildman–Crippen LogP) is 7.76. The van der Waals surface area contributed by atoms with Crippen LogP contribution in [0.1, 0.15) is 49.9 Å². The summed E-state index contributed by atoms with van der Waals surface area (Å²) >= 11 is 0. The van der Waals surface area contributed by atoms with Gasteiger partial charge in [0.25, 0.3) is 11.3 Å². The first-order valence-electron chi connectivity index (χ1n) is 14.8. The maximum absolute atomic E-state index is 2.52. The Hall–Kier alpha value is -4.18. The van der Waals surface area contributed by atoms with Crippen LogP contribution in [0.25, 0.3) is 33.8 Å². The maximum atomic E-state index is 2.52. The quantitative estimate of drug-likeness (QED) is 0.121. The Morgan fingerprint density at radius 3 is 1.25 bits per heavy atom. The lowest BCUT2D eigenvalue weighted by Crippen LogP contribution is -2.35. The first kappa shape index (κ1) is 26.1. The lowest BCUT2D eigenvalue weighted by Gasteiger charge is -2.06. The van der Waals surface area contributed by atoms with Gasteiger partial charge in [0.05, 0.1) is 25.5 Å². The molecule has 40 heavy (non-hydrogen) atoms. The van der Waals surface area contributed by atoms with Gasteiger partial charge in [0, 0.05) is 37.1 Å². The van der Waals surface area contributed by atoms with Crippen molar-refractivity contribution >= 4 is 11.3 Å². The number of benzene rings is 2. The van der Waals surface area contributed by atoms with Crippen molar-refractivity contribution in [2.45, 2.75) is 65.5 Å². The smallest absolute Gasteiger partial charge is 0.223 e. The summed E-state index contributed by atoms with van der Waals surface area (Å²) in [7, 11) is 0. The molecule has 4 heteroatoms. The molecule has 0 unspecified atom stereocenters. The number of rotatable bonds is 11. The van der Waals surface area contributed by atoms with Crippen molar-refractivity contribution < 1.29 is 9.13 Å². The zero-order valence-electron chi connectivity index (χ0n) is 23.8. The van der Waals surface area contributed by atoms with Gasteiger partial charge < -0.3 is 0 Å².